The summed E-state index contributed by atoms with van der Waals surface area (Å²) in [7, 11) is 1.75. The molecule has 204 valence electrons. The van der Waals surface area contributed by atoms with Crippen LogP contribution >= 0.6 is 11.6 Å². The summed E-state index contributed by atoms with van der Waals surface area (Å²) in [5.41, 5.74) is 2.46. The summed E-state index contributed by atoms with van der Waals surface area (Å²) in [5, 5.41) is 7.25. The van der Waals surface area contributed by atoms with Gasteiger partial charge in [0.05, 0.1) is 17.4 Å². The van der Waals surface area contributed by atoms with Crippen molar-refractivity contribution in [1.29, 1.82) is 0 Å². The van der Waals surface area contributed by atoms with Crippen LogP contribution < -0.4 is 15.5 Å². The number of carbonyl (C=O) groups is 2. The monoisotopic (exact) mass is 539 g/mol. The Hall–Kier alpha value is -2.84. The minimum Gasteiger partial charge on any atom is -0.381 e. The molecule has 1 aromatic carbocycles. The van der Waals surface area contributed by atoms with Gasteiger partial charge in [0.1, 0.15) is 0 Å². The van der Waals surface area contributed by atoms with Gasteiger partial charge in [0, 0.05) is 63.5 Å². The van der Waals surface area contributed by atoms with Gasteiger partial charge >= 0.3 is 0 Å². The van der Waals surface area contributed by atoms with E-state index in [1.54, 1.807) is 13.3 Å². The fraction of sp³-hybridized carbons (Fsp3) is 0.552. The Morgan fingerprint density at radius 2 is 1.82 bits per heavy atom. The number of nitrogens with zero attached hydrogens (tertiary/aromatic N) is 3. The number of likely N-dealkylation sites (tertiary alicyclic amines) is 1. The molecule has 2 aromatic rings. The lowest BCUT2D eigenvalue weighted by molar-refractivity contribution is -0.134. The zero-order valence-electron chi connectivity index (χ0n) is 22.1. The minimum absolute atomic E-state index is 0.0795. The average molecular weight is 540 g/mol. The Morgan fingerprint density at radius 1 is 1.05 bits per heavy atom. The molecule has 8 nitrogen and oxygen atoms in total. The van der Waals surface area contributed by atoms with Crippen LogP contribution in [0.15, 0.2) is 36.5 Å². The van der Waals surface area contributed by atoms with Gasteiger partial charge in [-0.2, -0.15) is 0 Å². The quantitative estimate of drug-likeness (QED) is 0.488. The molecule has 3 heterocycles. The number of halogens is 1. The highest BCUT2D eigenvalue weighted by Crippen LogP contribution is 2.31. The van der Waals surface area contributed by atoms with Gasteiger partial charge in [0.2, 0.25) is 5.91 Å². The number of nitrogens with one attached hydrogen (secondary N) is 2. The molecule has 1 aliphatic carbocycles. The molecule has 3 aliphatic rings. The molecule has 2 amide bonds. The van der Waals surface area contributed by atoms with E-state index >= 15 is 0 Å². The van der Waals surface area contributed by atoms with Crippen LogP contribution in [0.3, 0.4) is 0 Å². The molecule has 0 spiro atoms. The van der Waals surface area contributed by atoms with Crippen molar-refractivity contribution in [3.8, 4) is 0 Å². The molecule has 0 atom stereocenters. The smallest absolute Gasteiger partial charge is 0.253 e. The molecule has 0 unspecified atom stereocenters. The van der Waals surface area contributed by atoms with E-state index in [0.29, 0.717) is 29.5 Å². The second-order valence-corrected chi connectivity index (χ2v) is 11.2. The zero-order valence-corrected chi connectivity index (χ0v) is 22.9. The number of pyridine rings is 1. The van der Waals surface area contributed by atoms with Crippen molar-refractivity contribution in [2.45, 2.75) is 63.6 Å². The number of carbonyl (C=O) groups excluding carboxylic acids is 2. The predicted molar refractivity (Wildman–Crippen MR) is 150 cm³/mol. The van der Waals surface area contributed by atoms with E-state index in [0.717, 1.165) is 81.8 Å². The van der Waals surface area contributed by atoms with Gasteiger partial charge in [0.15, 0.2) is 5.82 Å². The average Bonchev–Trinajstić information content (AvgIpc) is 3.76. The Labute approximate surface area is 230 Å². The molecule has 0 bridgehead atoms. The molecule has 9 heteroatoms. The van der Waals surface area contributed by atoms with Crippen molar-refractivity contribution in [3.63, 3.8) is 0 Å². The summed E-state index contributed by atoms with van der Waals surface area (Å²) in [4.78, 5) is 34.6. The zero-order chi connectivity index (χ0) is 26.5. The van der Waals surface area contributed by atoms with Crippen LogP contribution in [0.5, 0.6) is 0 Å². The van der Waals surface area contributed by atoms with Gasteiger partial charge in [-0.15, -0.1) is 0 Å². The molecule has 2 aliphatic heterocycles. The predicted octanol–water partition coefficient (Wildman–Crippen LogP) is 4.48. The van der Waals surface area contributed by atoms with Crippen LogP contribution in [-0.4, -0.2) is 67.1 Å². The maximum Gasteiger partial charge on any atom is 0.253 e. The van der Waals surface area contributed by atoms with Crippen molar-refractivity contribution in [3.05, 3.63) is 52.7 Å². The standard InChI is InChI=1S/C29H38ClN5O3/c1-38-25-9-13-34(14-10-25)27(36)16-20-7-11-35(12-8-20)28-26(31-18-21-3-2-4-23(30)15-21)17-22(19-32-28)29(37)33-24-5-6-24/h2-4,15,17,19-20,24-25,31H,5-14,16,18H2,1H3,(H,33,37). The third kappa shape index (κ3) is 6.97. The number of hydrogen-bond acceptors (Lipinski definition) is 6. The van der Waals surface area contributed by atoms with Gasteiger partial charge < -0.3 is 25.2 Å². The molecule has 1 aromatic heterocycles. The van der Waals surface area contributed by atoms with E-state index in [-0.39, 0.29) is 24.0 Å². The lowest BCUT2D eigenvalue weighted by atomic mass is 9.92. The van der Waals surface area contributed by atoms with Crippen LogP contribution in [0.25, 0.3) is 0 Å². The number of piperidine rings is 2. The highest BCUT2D eigenvalue weighted by molar-refractivity contribution is 6.30. The van der Waals surface area contributed by atoms with E-state index in [4.69, 9.17) is 21.3 Å². The van der Waals surface area contributed by atoms with Crippen molar-refractivity contribution >= 4 is 34.9 Å². The fourth-order valence-electron chi connectivity index (χ4n) is 5.37. The molecule has 5 rings (SSSR count). The van der Waals surface area contributed by atoms with Crippen LogP contribution in [0.2, 0.25) is 5.02 Å². The van der Waals surface area contributed by atoms with E-state index in [2.05, 4.69) is 15.5 Å². The van der Waals surface area contributed by atoms with E-state index in [1.807, 2.05) is 35.2 Å². The molecular weight excluding hydrogens is 502 g/mol. The Kier molecular flexibility index (Phi) is 8.69. The highest BCUT2D eigenvalue weighted by atomic mass is 35.5. The minimum atomic E-state index is -0.0795. The number of benzene rings is 1. The van der Waals surface area contributed by atoms with Crippen molar-refractivity contribution in [2.75, 3.05) is 43.5 Å². The number of rotatable bonds is 9. The van der Waals surface area contributed by atoms with Gasteiger partial charge in [-0.05, 0) is 68.2 Å². The van der Waals surface area contributed by atoms with Crippen molar-refractivity contribution < 1.29 is 14.3 Å². The van der Waals surface area contributed by atoms with Gasteiger partial charge in [-0.3, -0.25) is 9.59 Å². The first kappa shape index (κ1) is 26.8. The van der Waals surface area contributed by atoms with Crippen molar-refractivity contribution in [1.82, 2.24) is 15.2 Å². The largest absolute Gasteiger partial charge is 0.381 e. The second kappa shape index (κ2) is 12.3. The molecule has 2 saturated heterocycles. The first-order valence-electron chi connectivity index (χ1n) is 13.8. The van der Waals surface area contributed by atoms with Gasteiger partial charge in [-0.25, -0.2) is 4.98 Å². The lowest BCUT2D eigenvalue weighted by Gasteiger charge is -2.36. The molecule has 38 heavy (non-hydrogen) atoms. The summed E-state index contributed by atoms with van der Waals surface area (Å²) < 4.78 is 5.44. The summed E-state index contributed by atoms with van der Waals surface area (Å²) >= 11 is 6.18. The number of aromatic nitrogens is 1. The molecule has 2 N–H and O–H groups in total. The summed E-state index contributed by atoms with van der Waals surface area (Å²) in [6.07, 6.45) is 8.38. The molecule has 1 saturated carbocycles. The fourth-order valence-corrected chi connectivity index (χ4v) is 5.58. The lowest BCUT2D eigenvalue weighted by Crippen LogP contribution is -2.42. The van der Waals surface area contributed by atoms with Crippen molar-refractivity contribution in [2.24, 2.45) is 5.92 Å². The number of ether oxygens (including phenoxy) is 1. The maximum absolute atomic E-state index is 12.9. The van der Waals surface area contributed by atoms with E-state index in [9.17, 15) is 9.59 Å². The molecular formula is C29H38ClN5O3. The third-order valence-electron chi connectivity index (χ3n) is 7.92. The van der Waals surface area contributed by atoms with Crippen LogP contribution in [0.1, 0.15) is 60.9 Å². The summed E-state index contributed by atoms with van der Waals surface area (Å²) in [6, 6.07) is 9.95. The SMILES string of the molecule is COC1CCN(C(=O)CC2CCN(c3ncc(C(=O)NC4CC4)cc3NCc3cccc(Cl)c3)CC2)CC1. The number of methoxy groups -OCH3 is 1. The van der Waals surface area contributed by atoms with E-state index < -0.39 is 0 Å². The highest BCUT2D eigenvalue weighted by Gasteiger charge is 2.29. The number of anilines is 2. The maximum atomic E-state index is 12.9. The van der Waals surface area contributed by atoms with Crippen LogP contribution in [-0.2, 0) is 16.1 Å². The van der Waals surface area contributed by atoms with Gasteiger partial charge in [0.25, 0.3) is 5.91 Å². The van der Waals surface area contributed by atoms with E-state index in [1.165, 1.54) is 0 Å². The second-order valence-electron chi connectivity index (χ2n) is 10.8. The summed E-state index contributed by atoms with van der Waals surface area (Å²) in [5.74, 6) is 1.42. The van der Waals surface area contributed by atoms with Crippen LogP contribution in [0.4, 0.5) is 11.5 Å². The number of hydrogen-bond donors (Lipinski definition) is 2. The van der Waals surface area contributed by atoms with Crippen LogP contribution in [0, 0.1) is 5.92 Å². The Bertz CT molecular complexity index is 1120. The first-order valence-corrected chi connectivity index (χ1v) is 14.2. The topological polar surface area (TPSA) is 86.8 Å². The normalized spacial score (nSPS) is 18.9. The first-order chi connectivity index (χ1) is 18.5. The third-order valence-corrected chi connectivity index (χ3v) is 8.15. The Morgan fingerprint density at radius 3 is 2.50 bits per heavy atom. The summed E-state index contributed by atoms with van der Waals surface area (Å²) in [6.45, 7) is 3.82. The Balaban J connectivity index is 1.22. The van der Waals surface area contributed by atoms with Gasteiger partial charge in [-0.1, -0.05) is 23.7 Å². The number of amides is 2. The molecule has 0 radical (unpaired) electrons. The molecule has 3 fully saturated rings.